The molecule has 0 amide bonds. The molecule has 0 fully saturated rings. The lowest BCUT2D eigenvalue weighted by Gasteiger charge is -2.38. The molecule has 2 aromatic heterocycles. The van der Waals surface area contributed by atoms with Crippen LogP contribution in [0.3, 0.4) is 0 Å². The maximum absolute atomic E-state index is 14.0. The number of nitrogens with zero attached hydrogens (tertiary/aromatic N) is 3. The molecule has 1 aliphatic heterocycles. The smallest absolute Gasteiger partial charge is 0.258 e. The van der Waals surface area contributed by atoms with Crippen molar-refractivity contribution in [3.8, 4) is 0 Å². The van der Waals surface area contributed by atoms with Crippen molar-refractivity contribution in [1.29, 1.82) is 0 Å². The predicted octanol–water partition coefficient (Wildman–Crippen LogP) is 8.22. The van der Waals surface area contributed by atoms with Crippen LogP contribution in [-0.4, -0.2) is 20.0 Å². The predicted molar refractivity (Wildman–Crippen MR) is 170 cm³/mol. The van der Waals surface area contributed by atoms with Crippen LogP contribution < -0.4 is 0 Å². The number of aryl methyl sites for hydroxylation is 1. The molecule has 3 heterocycles. The molecule has 4 heteroatoms. The van der Waals surface area contributed by atoms with Gasteiger partial charge in [-0.05, 0) is 60.6 Å². The van der Waals surface area contributed by atoms with Gasteiger partial charge in [0.2, 0.25) is 0 Å². The van der Waals surface area contributed by atoms with Crippen molar-refractivity contribution >= 4 is 22.9 Å². The molecule has 0 spiro atoms. The van der Waals surface area contributed by atoms with E-state index in [-0.39, 0.29) is 5.91 Å². The SMILES string of the molecule is CCc1c2n(c3ccccc13)C(=O)C(=Cc1ncn(C(c3ccccc3)(c3ccccc3)c3ccccc3)c1C)CC2. The number of fused-ring (bicyclic) bond motifs is 3. The van der Waals surface area contributed by atoms with Crippen molar-refractivity contribution < 1.29 is 4.79 Å². The minimum absolute atomic E-state index is 0.0570. The van der Waals surface area contributed by atoms with E-state index < -0.39 is 5.54 Å². The van der Waals surface area contributed by atoms with E-state index in [9.17, 15) is 4.79 Å². The first-order chi connectivity index (χ1) is 20.6. The van der Waals surface area contributed by atoms with Gasteiger partial charge in [-0.3, -0.25) is 9.36 Å². The van der Waals surface area contributed by atoms with Crippen LogP contribution in [0.5, 0.6) is 0 Å². The fourth-order valence-electron chi connectivity index (χ4n) is 6.91. The van der Waals surface area contributed by atoms with E-state index in [1.165, 1.54) is 10.9 Å². The lowest BCUT2D eigenvalue weighted by atomic mass is 9.76. The van der Waals surface area contributed by atoms with Gasteiger partial charge in [0, 0.05) is 22.3 Å². The van der Waals surface area contributed by atoms with E-state index in [0.717, 1.165) is 57.7 Å². The van der Waals surface area contributed by atoms with Gasteiger partial charge in [0.05, 0.1) is 17.5 Å². The summed E-state index contributed by atoms with van der Waals surface area (Å²) in [6, 6.07) is 40.1. The largest absolute Gasteiger partial charge is 0.316 e. The Bertz CT molecular complexity index is 1830. The highest BCUT2D eigenvalue weighted by Gasteiger charge is 2.39. The van der Waals surface area contributed by atoms with Gasteiger partial charge >= 0.3 is 0 Å². The molecular formula is C38H33N3O. The molecule has 7 rings (SSSR count). The standard InChI is InChI=1S/C38H33N3O/c1-3-32-33-21-13-14-22-35(33)41-36(32)24-23-28(37(41)42)25-34-27(2)40(26-39-34)38(29-15-7-4-8-16-29,30-17-9-5-10-18-30)31-19-11-6-12-20-31/h4-22,25-26H,3,23-24H2,1-2H3. The Morgan fingerprint density at radius 3 is 1.88 bits per heavy atom. The molecular weight excluding hydrogens is 514 g/mol. The molecule has 0 aliphatic carbocycles. The van der Waals surface area contributed by atoms with Crippen LogP contribution >= 0.6 is 0 Å². The zero-order chi connectivity index (χ0) is 28.7. The normalized spacial score (nSPS) is 14.4. The average Bonchev–Trinajstić information content (AvgIpc) is 3.58. The van der Waals surface area contributed by atoms with Crippen LogP contribution in [0.1, 0.15) is 57.5 Å². The second-order valence-corrected chi connectivity index (χ2v) is 11.0. The van der Waals surface area contributed by atoms with Gasteiger partial charge in [-0.15, -0.1) is 0 Å². The lowest BCUT2D eigenvalue weighted by molar-refractivity contribution is 0.0946. The summed E-state index contributed by atoms with van der Waals surface area (Å²) in [6.07, 6.45) is 6.42. The molecule has 1 aliphatic rings. The van der Waals surface area contributed by atoms with Gasteiger partial charge in [-0.25, -0.2) is 4.98 Å². The molecule has 0 bridgehead atoms. The van der Waals surface area contributed by atoms with Gasteiger partial charge in [0.25, 0.3) is 5.91 Å². The summed E-state index contributed by atoms with van der Waals surface area (Å²) in [4.78, 5) is 19.0. The van der Waals surface area contributed by atoms with Gasteiger partial charge in [0.1, 0.15) is 5.54 Å². The van der Waals surface area contributed by atoms with Crippen molar-refractivity contribution in [3.05, 3.63) is 166 Å². The van der Waals surface area contributed by atoms with Crippen LogP contribution in [0.2, 0.25) is 0 Å². The van der Waals surface area contributed by atoms with Gasteiger partial charge in [-0.1, -0.05) is 116 Å². The van der Waals surface area contributed by atoms with E-state index in [4.69, 9.17) is 4.98 Å². The van der Waals surface area contributed by atoms with Crippen LogP contribution in [0.15, 0.2) is 127 Å². The van der Waals surface area contributed by atoms with Gasteiger partial charge in [-0.2, -0.15) is 0 Å². The second kappa shape index (κ2) is 10.5. The first kappa shape index (κ1) is 26.0. The molecule has 0 atom stereocenters. The highest BCUT2D eigenvalue weighted by atomic mass is 16.2. The third-order valence-electron chi connectivity index (χ3n) is 8.84. The highest BCUT2D eigenvalue weighted by Crippen LogP contribution is 2.42. The van der Waals surface area contributed by atoms with Crippen LogP contribution in [0.25, 0.3) is 17.0 Å². The summed E-state index contributed by atoms with van der Waals surface area (Å²) in [5.74, 6) is 0.0570. The van der Waals surface area contributed by atoms with Crippen molar-refractivity contribution in [2.45, 2.75) is 38.6 Å². The summed E-state index contributed by atoms with van der Waals surface area (Å²) in [5, 5.41) is 1.18. The zero-order valence-electron chi connectivity index (χ0n) is 24.0. The molecule has 42 heavy (non-hydrogen) atoms. The van der Waals surface area contributed by atoms with Crippen molar-refractivity contribution in [2.75, 3.05) is 0 Å². The first-order valence-electron chi connectivity index (χ1n) is 14.7. The van der Waals surface area contributed by atoms with E-state index >= 15 is 0 Å². The summed E-state index contributed by atoms with van der Waals surface area (Å²) in [5.41, 5.74) is 8.85. The van der Waals surface area contributed by atoms with Crippen molar-refractivity contribution in [2.24, 2.45) is 0 Å². The Hall–Kier alpha value is -4.96. The molecule has 4 nitrogen and oxygen atoms in total. The number of para-hydroxylation sites is 1. The maximum atomic E-state index is 14.0. The highest BCUT2D eigenvalue weighted by molar-refractivity contribution is 6.07. The third-order valence-corrected chi connectivity index (χ3v) is 8.84. The molecule has 0 unspecified atom stereocenters. The van der Waals surface area contributed by atoms with Crippen molar-refractivity contribution in [3.63, 3.8) is 0 Å². The first-order valence-corrected chi connectivity index (χ1v) is 14.7. The molecule has 0 N–H and O–H groups in total. The van der Waals surface area contributed by atoms with Gasteiger partial charge < -0.3 is 4.57 Å². The number of allylic oxidation sites excluding steroid dienone is 1. The van der Waals surface area contributed by atoms with Crippen molar-refractivity contribution in [1.82, 2.24) is 14.1 Å². The number of carbonyl (C=O) groups is 1. The summed E-state index contributed by atoms with van der Waals surface area (Å²) < 4.78 is 4.22. The second-order valence-electron chi connectivity index (χ2n) is 11.0. The Morgan fingerprint density at radius 2 is 1.31 bits per heavy atom. The zero-order valence-corrected chi connectivity index (χ0v) is 24.0. The number of carbonyl (C=O) groups excluding carboxylic acids is 1. The molecule has 0 saturated carbocycles. The molecule has 4 aromatic carbocycles. The summed E-state index contributed by atoms with van der Waals surface area (Å²) in [7, 11) is 0. The Labute approximate surface area is 246 Å². The van der Waals surface area contributed by atoms with E-state index in [0.29, 0.717) is 6.42 Å². The number of benzene rings is 4. The Balaban J connectivity index is 1.41. The van der Waals surface area contributed by atoms with E-state index in [1.807, 2.05) is 23.0 Å². The molecule has 0 radical (unpaired) electrons. The summed E-state index contributed by atoms with van der Waals surface area (Å²) >= 11 is 0. The number of rotatable bonds is 6. The van der Waals surface area contributed by atoms with Gasteiger partial charge in [0.15, 0.2) is 0 Å². The van der Waals surface area contributed by atoms with E-state index in [1.54, 1.807) is 0 Å². The topological polar surface area (TPSA) is 39.8 Å². The average molecular weight is 548 g/mol. The van der Waals surface area contributed by atoms with E-state index in [2.05, 4.69) is 128 Å². The monoisotopic (exact) mass is 547 g/mol. The van der Waals surface area contributed by atoms with Crippen LogP contribution in [0.4, 0.5) is 0 Å². The molecule has 206 valence electrons. The quantitative estimate of drug-likeness (QED) is 0.156. The fourth-order valence-corrected chi connectivity index (χ4v) is 6.91. The number of aromatic nitrogens is 3. The lowest BCUT2D eigenvalue weighted by Crippen LogP contribution is -2.38. The molecule has 6 aromatic rings. The minimum Gasteiger partial charge on any atom is -0.316 e. The molecule has 0 saturated heterocycles. The third kappa shape index (κ3) is 3.90. The summed E-state index contributed by atoms with van der Waals surface area (Å²) in [6.45, 7) is 4.29. The number of hydrogen-bond donors (Lipinski definition) is 0. The fraction of sp³-hybridized carbons (Fsp3) is 0.158. The Morgan fingerprint density at radius 1 is 0.762 bits per heavy atom. The minimum atomic E-state index is -0.645. The number of imidazole rings is 1. The van der Waals surface area contributed by atoms with Crippen LogP contribution in [-0.2, 0) is 18.4 Å². The number of hydrogen-bond acceptors (Lipinski definition) is 2. The Kier molecular flexibility index (Phi) is 6.47. The van der Waals surface area contributed by atoms with Crippen LogP contribution in [0, 0.1) is 6.92 Å². The maximum Gasteiger partial charge on any atom is 0.258 e.